The molecule has 0 N–H and O–H groups in total. The van der Waals surface area contributed by atoms with E-state index in [9.17, 15) is 0 Å². The smallest absolute Gasteiger partial charge is 0.0654 e. The Morgan fingerprint density at radius 1 is 0.759 bits per heavy atom. The summed E-state index contributed by atoms with van der Waals surface area (Å²) in [4.78, 5) is 0. The Morgan fingerprint density at radius 2 is 1.28 bits per heavy atom. The monoisotopic (exact) mass is 410 g/mol. The van der Waals surface area contributed by atoms with Crippen LogP contribution in [0.4, 0.5) is 0 Å². The number of hydrogen-bond acceptors (Lipinski definition) is 2. The van der Waals surface area contributed by atoms with E-state index in [-0.39, 0.29) is 11.0 Å². The van der Waals surface area contributed by atoms with Gasteiger partial charge in [-0.05, 0) is 93.8 Å². The Morgan fingerprint density at radius 3 is 1.76 bits per heavy atom. The molecule has 2 nitrogen and oxygen atoms in total. The van der Waals surface area contributed by atoms with E-state index in [1.807, 2.05) is 0 Å². The minimum Gasteiger partial charge on any atom is -0.378 e. The van der Waals surface area contributed by atoms with E-state index in [2.05, 4.69) is 76.2 Å². The summed E-state index contributed by atoms with van der Waals surface area (Å²) in [5.74, 6) is 2.85. The van der Waals surface area contributed by atoms with Gasteiger partial charge in [0.25, 0.3) is 0 Å². The standard InChI is InChI=1S/C27H54O2/c1-20(2)25(6,7)16-17-28-22(5)18-23-12-14-24(15-13-23)27(10,11)29-19-26(8,9)21(3)4/h20-24H,12-19H2,1-11H3. The molecule has 29 heavy (non-hydrogen) atoms. The molecule has 1 aliphatic carbocycles. The summed E-state index contributed by atoms with van der Waals surface area (Å²) in [6.07, 6.45) is 8.01. The van der Waals surface area contributed by atoms with Crippen molar-refractivity contribution in [2.45, 2.75) is 126 Å². The molecule has 0 aromatic heterocycles. The lowest BCUT2D eigenvalue weighted by atomic mass is 9.73. The van der Waals surface area contributed by atoms with Crippen LogP contribution in [0.5, 0.6) is 0 Å². The molecule has 0 radical (unpaired) electrons. The Kier molecular flexibility index (Phi) is 10.2. The maximum Gasteiger partial charge on any atom is 0.0654 e. The van der Waals surface area contributed by atoms with Crippen LogP contribution in [0.15, 0.2) is 0 Å². The molecule has 1 unspecified atom stereocenters. The van der Waals surface area contributed by atoms with E-state index >= 15 is 0 Å². The highest BCUT2D eigenvalue weighted by Gasteiger charge is 2.36. The molecule has 2 heteroatoms. The molecule has 1 rings (SSSR count). The average molecular weight is 411 g/mol. The summed E-state index contributed by atoms with van der Waals surface area (Å²) >= 11 is 0. The predicted octanol–water partition coefficient (Wildman–Crippen LogP) is 8.14. The Balaban J connectivity index is 2.36. The van der Waals surface area contributed by atoms with Gasteiger partial charge < -0.3 is 9.47 Å². The van der Waals surface area contributed by atoms with Gasteiger partial charge in [-0.3, -0.25) is 0 Å². The van der Waals surface area contributed by atoms with Crippen molar-refractivity contribution in [3.8, 4) is 0 Å². The van der Waals surface area contributed by atoms with E-state index < -0.39 is 0 Å². The number of rotatable bonds is 12. The molecule has 1 saturated carbocycles. The van der Waals surface area contributed by atoms with Crippen LogP contribution in [-0.2, 0) is 9.47 Å². The van der Waals surface area contributed by atoms with Gasteiger partial charge in [0.15, 0.2) is 0 Å². The highest BCUT2D eigenvalue weighted by Crippen LogP contribution is 2.40. The van der Waals surface area contributed by atoms with E-state index in [0.29, 0.717) is 29.3 Å². The summed E-state index contributed by atoms with van der Waals surface area (Å²) in [7, 11) is 0. The SMILES string of the molecule is CC(CC1CCC(C(C)(C)OCC(C)(C)C(C)C)CC1)OCCC(C)(C)C(C)C. The van der Waals surface area contributed by atoms with Crippen LogP contribution >= 0.6 is 0 Å². The summed E-state index contributed by atoms with van der Waals surface area (Å²) in [6, 6.07) is 0. The Hall–Kier alpha value is -0.0800. The van der Waals surface area contributed by atoms with Crippen LogP contribution < -0.4 is 0 Å². The van der Waals surface area contributed by atoms with Gasteiger partial charge in [0.2, 0.25) is 0 Å². The van der Waals surface area contributed by atoms with Crippen molar-refractivity contribution in [1.82, 2.24) is 0 Å². The third kappa shape index (κ3) is 8.90. The zero-order chi connectivity index (χ0) is 22.5. The third-order valence-electron chi connectivity index (χ3n) is 8.59. The number of ether oxygens (including phenoxy) is 2. The normalized spacial score (nSPS) is 23.1. The van der Waals surface area contributed by atoms with Crippen LogP contribution in [0.1, 0.15) is 115 Å². The van der Waals surface area contributed by atoms with Gasteiger partial charge in [-0.1, -0.05) is 55.4 Å². The molecule has 0 saturated heterocycles. The fourth-order valence-corrected chi connectivity index (χ4v) is 4.10. The molecular formula is C27H54O2. The fraction of sp³-hybridized carbons (Fsp3) is 1.00. The zero-order valence-electron chi connectivity index (χ0n) is 21.9. The second-order valence-electron chi connectivity index (χ2n) is 12.6. The van der Waals surface area contributed by atoms with Gasteiger partial charge in [0.05, 0.1) is 18.3 Å². The first-order valence-corrected chi connectivity index (χ1v) is 12.4. The van der Waals surface area contributed by atoms with Crippen molar-refractivity contribution in [2.75, 3.05) is 13.2 Å². The first kappa shape index (κ1) is 27.0. The van der Waals surface area contributed by atoms with Crippen molar-refractivity contribution in [1.29, 1.82) is 0 Å². The highest BCUT2D eigenvalue weighted by molar-refractivity contribution is 4.86. The quantitative estimate of drug-likeness (QED) is 0.323. The lowest BCUT2D eigenvalue weighted by Crippen LogP contribution is -2.40. The molecule has 0 heterocycles. The van der Waals surface area contributed by atoms with Crippen LogP contribution in [0.3, 0.4) is 0 Å². The molecule has 0 bridgehead atoms. The van der Waals surface area contributed by atoms with E-state index in [0.717, 1.165) is 25.6 Å². The van der Waals surface area contributed by atoms with Gasteiger partial charge in [0, 0.05) is 6.61 Å². The minimum atomic E-state index is -0.0122. The Labute approximate surface area is 183 Å². The molecule has 1 fully saturated rings. The van der Waals surface area contributed by atoms with Crippen molar-refractivity contribution < 1.29 is 9.47 Å². The lowest BCUT2D eigenvalue weighted by molar-refractivity contribution is -0.108. The topological polar surface area (TPSA) is 18.5 Å². The molecule has 0 aromatic rings. The minimum absolute atomic E-state index is 0.0122. The summed E-state index contributed by atoms with van der Waals surface area (Å²) in [6.45, 7) is 27.3. The predicted molar refractivity (Wildman–Crippen MR) is 127 cm³/mol. The average Bonchev–Trinajstić information content (AvgIpc) is 2.60. The second kappa shape index (κ2) is 11.0. The van der Waals surface area contributed by atoms with Crippen LogP contribution in [-0.4, -0.2) is 24.9 Å². The summed E-state index contributed by atoms with van der Waals surface area (Å²) < 4.78 is 12.7. The molecular weight excluding hydrogens is 356 g/mol. The van der Waals surface area contributed by atoms with Gasteiger partial charge in [0.1, 0.15) is 0 Å². The third-order valence-corrected chi connectivity index (χ3v) is 8.59. The summed E-state index contributed by atoms with van der Waals surface area (Å²) in [5, 5.41) is 0. The lowest BCUT2D eigenvalue weighted by Gasteiger charge is -2.42. The van der Waals surface area contributed by atoms with Crippen molar-refractivity contribution >= 4 is 0 Å². The highest BCUT2D eigenvalue weighted by atomic mass is 16.5. The molecule has 0 aliphatic heterocycles. The number of hydrogen-bond donors (Lipinski definition) is 0. The van der Waals surface area contributed by atoms with Crippen LogP contribution in [0.25, 0.3) is 0 Å². The van der Waals surface area contributed by atoms with Crippen molar-refractivity contribution in [3.63, 3.8) is 0 Å². The first-order valence-electron chi connectivity index (χ1n) is 12.4. The van der Waals surface area contributed by atoms with Gasteiger partial charge in [-0.15, -0.1) is 0 Å². The molecule has 0 aromatic carbocycles. The van der Waals surface area contributed by atoms with Crippen molar-refractivity contribution in [3.05, 3.63) is 0 Å². The first-order chi connectivity index (χ1) is 13.2. The molecule has 0 amide bonds. The maximum absolute atomic E-state index is 6.49. The van der Waals surface area contributed by atoms with E-state index in [1.54, 1.807) is 0 Å². The fourth-order valence-electron chi connectivity index (χ4n) is 4.10. The largest absolute Gasteiger partial charge is 0.378 e. The molecule has 0 spiro atoms. The van der Waals surface area contributed by atoms with Gasteiger partial charge >= 0.3 is 0 Å². The van der Waals surface area contributed by atoms with E-state index in [1.165, 1.54) is 32.1 Å². The summed E-state index contributed by atoms with van der Waals surface area (Å²) in [5.41, 5.74) is 0.598. The molecule has 1 aliphatic rings. The Bertz CT molecular complexity index is 453. The van der Waals surface area contributed by atoms with Crippen molar-refractivity contribution in [2.24, 2.45) is 34.5 Å². The van der Waals surface area contributed by atoms with Gasteiger partial charge in [-0.2, -0.15) is 0 Å². The maximum atomic E-state index is 6.49. The molecule has 1 atom stereocenters. The van der Waals surface area contributed by atoms with Crippen LogP contribution in [0.2, 0.25) is 0 Å². The van der Waals surface area contributed by atoms with E-state index in [4.69, 9.17) is 9.47 Å². The second-order valence-corrected chi connectivity index (χ2v) is 12.6. The zero-order valence-corrected chi connectivity index (χ0v) is 21.9. The van der Waals surface area contributed by atoms with Gasteiger partial charge in [-0.25, -0.2) is 0 Å². The molecule has 174 valence electrons. The van der Waals surface area contributed by atoms with Crippen LogP contribution in [0, 0.1) is 34.5 Å².